The molecule has 3 N–H and O–H groups in total. The van der Waals surface area contributed by atoms with Gasteiger partial charge in [-0.2, -0.15) is 0 Å². The molecule has 1 aromatic rings. The number of carboxylic acid groups (broad SMARTS) is 1. The minimum absolute atomic E-state index is 0.124. The van der Waals surface area contributed by atoms with E-state index in [1.807, 2.05) is 6.92 Å². The number of nitrogens with one attached hydrogen (secondary N) is 2. The van der Waals surface area contributed by atoms with Crippen molar-refractivity contribution in [3.8, 4) is 0 Å². The van der Waals surface area contributed by atoms with E-state index in [1.165, 1.54) is 6.20 Å². The number of aromatic amines is 1. The van der Waals surface area contributed by atoms with Gasteiger partial charge in [0.25, 0.3) is 0 Å². The summed E-state index contributed by atoms with van der Waals surface area (Å²) >= 11 is 0. The van der Waals surface area contributed by atoms with Gasteiger partial charge < -0.3 is 14.8 Å². The van der Waals surface area contributed by atoms with Gasteiger partial charge in [0.1, 0.15) is 0 Å². The van der Waals surface area contributed by atoms with Crippen molar-refractivity contribution < 1.29 is 19.4 Å². The molecule has 16 heavy (non-hydrogen) atoms. The molecule has 0 saturated carbocycles. The van der Waals surface area contributed by atoms with Crippen molar-refractivity contribution in [2.75, 3.05) is 11.9 Å². The van der Waals surface area contributed by atoms with Crippen LogP contribution in [0.25, 0.3) is 0 Å². The van der Waals surface area contributed by atoms with Crippen LogP contribution < -0.4 is 5.32 Å². The van der Waals surface area contributed by atoms with Gasteiger partial charge in [0.2, 0.25) is 5.82 Å². The molecular weight excluding hydrogens is 214 g/mol. The molecule has 1 aromatic heterocycles. The predicted octanol–water partition coefficient (Wildman–Crippen LogP) is 1.46. The lowest BCUT2D eigenvalue weighted by atomic mass is 10.4. The highest BCUT2D eigenvalue weighted by atomic mass is 16.5. The van der Waals surface area contributed by atoms with E-state index in [4.69, 9.17) is 9.84 Å². The smallest absolute Gasteiger partial charge is 0.412 e. The Morgan fingerprint density at radius 2 is 2.38 bits per heavy atom. The molecule has 1 amide bonds. The third-order valence-corrected chi connectivity index (χ3v) is 1.74. The maximum absolute atomic E-state index is 11.1. The SMILES string of the molecule is CCCCOC(=O)Nc1c[nH]c(C(=O)O)n1. The number of anilines is 1. The van der Waals surface area contributed by atoms with Crippen LogP contribution in [0.15, 0.2) is 6.20 Å². The average molecular weight is 227 g/mol. The number of imidazole rings is 1. The predicted molar refractivity (Wildman–Crippen MR) is 55.4 cm³/mol. The van der Waals surface area contributed by atoms with Gasteiger partial charge in [-0.25, -0.2) is 14.6 Å². The first kappa shape index (κ1) is 12.0. The molecular formula is C9H13N3O4. The molecule has 0 spiro atoms. The summed E-state index contributed by atoms with van der Waals surface area (Å²) in [5.41, 5.74) is 0. The molecule has 0 bridgehead atoms. The largest absolute Gasteiger partial charge is 0.475 e. The molecule has 88 valence electrons. The number of carbonyl (C=O) groups excluding carboxylic acids is 1. The van der Waals surface area contributed by atoms with Crippen molar-refractivity contribution in [3.05, 3.63) is 12.0 Å². The quantitative estimate of drug-likeness (QED) is 0.660. The molecule has 7 heteroatoms. The monoisotopic (exact) mass is 227 g/mol. The van der Waals surface area contributed by atoms with Gasteiger partial charge >= 0.3 is 12.1 Å². The second kappa shape index (κ2) is 5.74. The summed E-state index contributed by atoms with van der Waals surface area (Å²) < 4.78 is 4.80. The van der Waals surface area contributed by atoms with E-state index in [2.05, 4.69) is 15.3 Å². The summed E-state index contributed by atoms with van der Waals surface area (Å²) in [7, 11) is 0. The fourth-order valence-corrected chi connectivity index (χ4v) is 0.945. The Kier molecular flexibility index (Phi) is 4.31. The number of hydrogen-bond donors (Lipinski definition) is 3. The van der Waals surface area contributed by atoms with Crippen LogP contribution in [-0.2, 0) is 4.74 Å². The molecule has 7 nitrogen and oxygen atoms in total. The van der Waals surface area contributed by atoms with E-state index in [9.17, 15) is 9.59 Å². The summed E-state index contributed by atoms with van der Waals surface area (Å²) in [5, 5.41) is 10.9. The highest BCUT2D eigenvalue weighted by Crippen LogP contribution is 2.03. The summed E-state index contributed by atoms with van der Waals surface area (Å²) in [6, 6.07) is 0. The molecule has 0 unspecified atom stereocenters. The second-order valence-electron chi connectivity index (χ2n) is 3.05. The van der Waals surface area contributed by atoms with Crippen molar-refractivity contribution >= 4 is 17.9 Å². The van der Waals surface area contributed by atoms with Crippen LogP contribution in [0.5, 0.6) is 0 Å². The molecule has 1 heterocycles. The van der Waals surface area contributed by atoms with Crippen LogP contribution in [0.4, 0.5) is 10.6 Å². The first-order valence-electron chi connectivity index (χ1n) is 4.86. The Morgan fingerprint density at radius 3 is 2.94 bits per heavy atom. The number of aromatic nitrogens is 2. The number of nitrogens with zero attached hydrogens (tertiary/aromatic N) is 1. The Balaban J connectivity index is 2.40. The minimum Gasteiger partial charge on any atom is -0.475 e. The molecule has 0 aliphatic carbocycles. The summed E-state index contributed by atoms with van der Waals surface area (Å²) in [5.74, 6) is -1.30. The molecule has 0 radical (unpaired) electrons. The first-order valence-corrected chi connectivity index (χ1v) is 4.86. The summed E-state index contributed by atoms with van der Waals surface area (Å²) in [4.78, 5) is 27.6. The Hall–Kier alpha value is -2.05. The van der Waals surface area contributed by atoms with Gasteiger partial charge in [-0.1, -0.05) is 13.3 Å². The zero-order chi connectivity index (χ0) is 12.0. The number of unbranched alkanes of at least 4 members (excludes halogenated alkanes) is 1. The second-order valence-corrected chi connectivity index (χ2v) is 3.05. The molecule has 0 saturated heterocycles. The lowest BCUT2D eigenvalue weighted by Crippen LogP contribution is -2.14. The maximum atomic E-state index is 11.1. The highest BCUT2D eigenvalue weighted by Gasteiger charge is 2.10. The Bertz CT molecular complexity index is 375. The number of carbonyl (C=O) groups is 2. The Labute approximate surface area is 91.8 Å². The van der Waals surface area contributed by atoms with Crippen LogP contribution in [-0.4, -0.2) is 33.7 Å². The molecule has 0 aliphatic rings. The first-order chi connectivity index (χ1) is 7.63. The molecule has 0 aromatic carbocycles. The van der Waals surface area contributed by atoms with Crippen molar-refractivity contribution in [1.82, 2.24) is 9.97 Å². The van der Waals surface area contributed by atoms with E-state index in [0.29, 0.717) is 6.61 Å². The maximum Gasteiger partial charge on any atom is 0.412 e. The van der Waals surface area contributed by atoms with E-state index < -0.39 is 12.1 Å². The normalized spacial score (nSPS) is 9.81. The molecule has 0 fully saturated rings. The number of ether oxygens (including phenoxy) is 1. The third kappa shape index (κ3) is 3.60. The fourth-order valence-electron chi connectivity index (χ4n) is 0.945. The highest BCUT2D eigenvalue weighted by molar-refractivity contribution is 5.86. The zero-order valence-electron chi connectivity index (χ0n) is 8.82. The number of rotatable bonds is 5. The zero-order valence-corrected chi connectivity index (χ0v) is 8.82. The van der Waals surface area contributed by atoms with Crippen LogP contribution in [0.2, 0.25) is 0 Å². The van der Waals surface area contributed by atoms with Gasteiger partial charge in [-0.3, -0.25) is 5.32 Å². The van der Waals surface area contributed by atoms with Crippen LogP contribution in [0.3, 0.4) is 0 Å². The summed E-state index contributed by atoms with van der Waals surface area (Å²) in [6.45, 7) is 2.31. The number of H-pyrrole nitrogens is 1. The van der Waals surface area contributed by atoms with Gasteiger partial charge in [0, 0.05) is 6.20 Å². The van der Waals surface area contributed by atoms with Crippen molar-refractivity contribution in [2.45, 2.75) is 19.8 Å². The minimum atomic E-state index is -1.19. The molecule has 1 rings (SSSR count). The van der Waals surface area contributed by atoms with Crippen LogP contribution in [0, 0.1) is 0 Å². The fraction of sp³-hybridized carbons (Fsp3) is 0.444. The topological polar surface area (TPSA) is 104 Å². The van der Waals surface area contributed by atoms with E-state index in [0.717, 1.165) is 12.8 Å². The third-order valence-electron chi connectivity index (χ3n) is 1.74. The van der Waals surface area contributed by atoms with Crippen molar-refractivity contribution in [2.24, 2.45) is 0 Å². The number of aromatic carboxylic acids is 1. The lowest BCUT2D eigenvalue weighted by molar-refractivity contribution is 0.0684. The molecule has 0 aliphatic heterocycles. The number of amides is 1. The standard InChI is InChI=1S/C9H13N3O4/c1-2-3-4-16-9(15)12-6-5-10-7(11-6)8(13)14/h5H,2-4H2,1H3,(H,10,11)(H,12,15)(H,13,14). The number of hydrogen-bond acceptors (Lipinski definition) is 4. The van der Waals surface area contributed by atoms with Crippen LogP contribution in [0.1, 0.15) is 30.4 Å². The van der Waals surface area contributed by atoms with Gasteiger partial charge in [-0.15, -0.1) is 0 Å². The van der Waals surface area contributed by atoms with Gasteiger partial charge in [-0.05, 0) is 6.42 Å². The van der Waals surface area contributed by atoms with Crippen molar-refractivity contribution in [3.63, 3.8) is 0 Å². The van der Waals surface area contributed by atoms with E-state index in [1.54, 1.807) is 0 Å². The van der Waals surface area contributed by atoms with Crippen LogP contribution >= 0.6 is 0 Å². The van der Waals surface area contributed by atoms with E-state index >= 15 is 0 Å². The molecule has 0 atom stereocenters. The van der Waals surface area contributed by atoms with Crippen molar-refractivity contribution in [1.29, 1.82) is 0 Å². The number of carboxylic acids is 1. The Morgan fingerprint density at radius 1 is 1.62 bits per heavy atom. The van der Waals surface area contributed by atoms with E-state index in [-0.39, 0.29) is 11.6 Å². The average Bonchev–Trinajstić information content (AvgIpc) is 2.66. The summed E-state index contributed by atoms with van der Waals surface area (Å²) in [6.07, 6.45) is 2.36. The van der Waals surface area contributed by atoms with Gasteiger partial charge in [0.05, 0.1) is 6.61 Å². The lowest BCUT2D eigenvalue weighted by Gasteiger charge is -2.03. The van der Waals surface area contributed by atoms with Gasteiger partial charge in [0.15, 0.2) is 5.82 Å².